The van der Waals surface area contributed by atoms with Gasteiger partial charge in [-0.25, -0.2) is 0 Å². The van der Waals surface area contributed by atoms with Gasteiger partial charge in [0.1, 0.15) is 5.58 Å². The maximum atomic E-state index is 12.9. The van der Waals surface area contributed by atoms with Gasteiger partial charge in [0.05, 0.1) is 11.6 Å². The van der Waals surface area contributed by atoms with Crippen molar-refractivity contribution >= 4 is 16.9 Å². The quantitative estimate of drug-likeness (QED) is 0.809. The lowest BCUT2D eigenvalue weighted by Crippen LogP contribution is -2.37. The molecule has 1 aromatic heterocycles. The molecular formula is C23H30N2O3. The summed E-state index contributed by atoms with van der Waals surface area (Å²) in [5.74, 6) is 0.925. The highest BCUT2D eigenvalue weighted by Gasteiger charge is 2.25. The number of hydrogen-bond donors (Lipinski definition) is 0. The number of carbonyl (C=O) groups excluding carboxylic acids is 1. The minimum Gasteiger partial charge on any atom is -0.464 e. The largest absolute Gasteiger partial charge is 0.464 e. The van der Waals surface area contributed by atoms with Crippen molar-refractivity contribution in [3.05, 3.63) is 45.8 Å². The molecule has 5 heteroatoms. The van der Waals surface area contributed by atoms with E-state index in [1.807, 2.05) is 25.1 Å². The molecule has 150 valence electrons. The Morgan fingerprint density at radius 1 is 1.07 bits per heavy atom. The molecule has 0 unspecified atom stereocenters. The van der Waals surface area contributed by atoms with Gasteiger partial charge in [-0.1, -0.05) is 30.9 Å². The van der Waals surface area contributed by atoms with E-state index in [1.54, 1.807) is 6.26 Å². The molecule has 1 saturated heterocycles. The van der Waals surface area contributed by atoms with Crippen LogP contribution in [0.3, 0.4) is 0 Å². The van der Waals surface area contributed by atoms with E-state index in [4.69, 9.17) is 4.42 Å². The van der Waals surface area contributed by atoms with E-state index in [9.17, 15) is 9.59 Å². The zero-order chi connectivity index (χ0) is 19.5. The zero-order valence-electron chi connectivity index (χ0n) is 16.8. The number of fused-ring (bicyclic) bond motifs is 1. The molecule has 5 nitrogen and oxygen atoms in total. The van der Waals surface area contributed by atoms with Crippen LogP contribution in [-0.4, -0.2) is 41.9 Å². The average Bonchev–Trinajstić information content (AvgIpc) is 2.87. The first-order valence-electron chi connectivity index (χ1n) is 10.6. The third-order valence-corrected chi connectivity index (χ3v) is 6.28. The molecule has 0 radical (unpaired) electrons. The number of nitrogens with zero attached hydrogens (tertiary/aromatic N) is 2. The second-order valence-corrected chi connectivity index (χ2v) is 8.46. The molecule has 1 aromatic carbocycles. The Labute approximate surface area is 166 Å². The van der Waals surface area contributed by atoms with Gasteiger partial charge in [0.25, 0.3) is 0 Å². The van der Waals surface area contributed by atoms with Crippen LogP contribution in [-0.2, 0) is 11.3 Å². The van der Waals surface area contributed by atoms with E-state index in [0.717, 1.165) is 25.2 Å². The summed E-state index contributed by atoms with van der Waals surface area (Å²) in [5.41, 5.74) is 2.39. The van der Waals surface area contributed by atoms with E-state index in [2.05, 4.69) is 9.80 Å². The average molecular weight is 383 g/mol. The van der Waals surface area contributed by atoms with Crippen molar-refractivity contribution in [2.45, 2.75) is 52.0 Å². The van der Waals surface area contributed by atoms with E-state index in [1.165, 1.54) is 32.1 Å². The Hall–Kier alpha value is -2.14. The van der Waals surface area contributed by atoms with Crippen molar-refractivity contribution < 1.29 is 9.21 Å². The minimum absolute atomic E-state index is 0.0413. The molecular weight excluding hydrogens is 352 g/mol. The Morgan fingerprint density at radius 3 is 2.71 bits per heavy atom. The summed E-state index contributed by atoms with van der Waals surface area (Å²) in [7, 11) is 0. The lowest BCUT2D eigenvalue weighted by molar-refractivity contribution is -0.131. The summed E-state index contributed by atoms with van der Waals surface area (Å²) in [6, 6.07) is 5.69. The highest BCUT2D eigenvalue weighted by atomic mass is 16.3. The molecule has 0 N–H and O–H groups in total. The van der Waals surface area contributed by atoms with Gasteiger partial charge in [-0.15, -0.1) is 0 Å². The summed E-state index contributed by atoms with van der Waals surface area (Å²) in [6.07, 6.45) is 8.57. The van der Waals surface area contributed by atoms with Crippen LogP contribution in [0.5, 0.6) is 0 Å². The van der Waals surface area contributed by atoms with Crippen LogP contribution in [0.1, 0.15) is 49.7 Å². The van der Waals surface area contributed by atoms with E-state index in [0.29, 0.717) is 42.0 Å². The lowest BCUT2D eigenvalue weighted by atomic mass is 9.89. The maximum Gasteiger partial charge on any atom is 0.223 e. The SMILES string of the molecule is Cc1ccc2occ(CN3CCC(=O)N(CC4CCCCC4)CC3)c(=O)c2c1. The smallest absolute Gasteiger partial charge is 0.223 e. The van der Waals surface area contributed by atoms with Gasteiger partial charge in [-0.3, -0.25) is 14.5 Å². The summed E-state index contributed by atoms with van der Waals surface area (Å²) in [4.78, 5) is 29.7. The lowest BCUT2D eigenvalue weighted by Gasteiger charge is -2.29. The number of benzene rings is 1. The number of rotatable bonds is 4. The predicted molar refractivity (Wildman–Crippen MR) is 110 cm³/mol. The molecule has 0 atom stereocenters. The highest BCUT2D eigenvalue weighted by molar-refractivity contribution is 5.78. The summed E-state index contributed by atoms with van der Waals surface area (Å²) < 4.78 is 5.69. The van der Waals surface area contributed by atoms with Crippen LogP contribution in [0.15, 0.2) is 33.7 Å². The topological polar surface area (TPSA) is 53.8 Å². The summed E-state index contributed by atoms with van der Waals surface area (Å²) in [6.45, 7) is 5.69. The Balaban J connectivity index is 1.43. The van der Waals surface area contributed by atoms with Crippen LogP contribution in [0.4, 0.5) is 0 Å². The molecule has 28 heavy (non-hydrogen) atoms. The Morgan fingerprint density at radius 2 is 1.89 bits per heavy atom. The molecule has 0 bridgehead atoms. The maximum absolute atomic E-state index is 12.9. The van der Waals surface area contributed by atoms with E-state index < -0.39 is 0 Å². The number of aryl methyl sites for hydroxylation is 1. The third-order valence-electron chi connectivity index (χ3n) is 6.28. The standard InChI is InChI=1S/C23H30N2O3/c1-17-7-8-21-20(13-17)23(27)19(16-28-21)15-24-10-9-22(26)25(12-11-24)14-18-5-3-2-4-6-18/h7-8,13,16,18H,2-6,9-12,14-15H2,1H3. The molecule has 1 saturated carbocycles. The summed E-state index contributed by atoms with van der Waals surface area (Å²) in [5, 5.41) is 0.641. The van der Waals surface area contributed by atoms with Crippen molar-refractivity contribution in [2.24, 2.45) is 5.92 Å². The second kappa shape index (κ2) is 8.48. The molecule has 1 amide bonds. The second-order valence-electron chi connectivity index (χ2n) is 8.46. The first kappa shape index (κ1) is 19.2. The molecule has 2 aliphatic rings. The Kier molecular flexibility index (Phi) is 5.81. The van der Waals surface area contributed by atoms with Gasteiger partial charge in [-0.05, 0) is 37.8 Å². The molecule has 4 rings (SSSR count). The van der Waals surface area contributed by atoms with Gasteiger partial charge in [0.2, 0.25) is 5.91 Å². The van der Waals surface area contributed by atoms with E-state index >= 15 is 0 Å². The summed E-state index contributed by atoms with van der Waals surface area (Å²) >= 11 is 0. The molecule has 2 heterocycles. The number of hydrogen-bond acceptors (Lipinski definition) is 4. The fraction of sp³-hybridized carbons (Fsp3) is 0.565. The first-order valence-corrected chi connectivity index (χ1v) is 10.6. The minimum atomic E-state index is 0.0413. The molecule has 2 fully saturated rings. The third kappa shape index (κ3) is 4.30. The fourth-order valence-corrected chi connectivity index (χ4v) is 4.58. The van der Waals surface area contributed by atoms with Crippen LogP contribution in [0, 0.1) is 12.8 Å². The van der Waals surface area contributed by atoms with Gasteiger partial charge in [-0.2, -0.15) is 0 Å². The van der Waals surface area contributed by atoms with Gasteiger partial charge in [0, 0.05) is 44.7 Å². The molecule has 2 aromatic rings. The van der Waals surface area contributed by atoms with Crippen LogP contribution < -0.4 is 5.43 Å². The van der Waals surface area contributed by atoms with E-state index in [-0.39, 0.29) is 11.3 Å². The van der Waals surface area contributed by atoms with Crippen LogP contribution in [0.25, 0.3) is 11.0 Å². The fourth-order valence-electron chi connectivity index (χ4n) is 4.58. The van der Waals surface area contributed by atoms with Crippen molar-refractivity contribution in [1.82, 2.24) is 9.80 Å². The molecule has 1 aliphatic carbocycles. The normalized spacial score (nSPS) is 19.9. The van der Waals surface area contributed by atoms with Gasteiger partial charge in [0.15, 0.2) is 5.43 Å². The number of carbonyl (C=O) groups is 1. The van der Waals surface area contributed by atoms with Crippen LogP contribution >= 0.6 is 0 Å². The highest BCUT2D eigenvalue weighted by Crippen LogP contribution is 2.25. The van der Waals surface area contributed by atoms with Crippen molar-refractivity contribution in [1.29, 1.82) is 0 Å². The molecule has 1 aliphatic heterocycles. The molecule has 0 spiro atoms. The van der Waals surface area contributed by atoms with Gasteiger partial charge >= 0.3 is 0 Å². The first-order chi connectivity index (χ1) is 13.6. The van der Waals surface area contributed by atoms with Crippen molar-refractivity contribution in [2.75, 3.05) is 26.2 Å². The number of amides is 1. The Bertz CT molecular complexity index is 898. The predicted octanol–water partition coefficient (Wildman–Crippen LogP) is 3.72. The van der Waals surface area contributed by atoms with Crippen LogP contribution in [0.2, 0.25) is 0 Å². The van der Waals surface area contributed by atoms with Gasteiger partial charge < -0.3 is 9.32 Å². The van der Waals surface area contributed by atoms with Crippen molar-refractivity contribution in [3.63, 3.8) is 0 Å². The monoisotopic (exact) mass is 382 g/mol. The zero-order valence-corrected chi connectivity index (χ0v) is 16.8. The van der Waals surface area contributed by atoms with Crippen molar-refractivity contribution in [3.8, 4) is 0 Å².